The molecule has 0 saturated heterocycles. The molecule has 0 bridgehead atoms. The highest BCUT2D eigenvalue weighted by Gasteiger charge is 2.19. The van der Waals surface area contributed by atoms with E-state index in [0.717, 1.165) is 11.1 Å². The van der Waals surface area contributed by atoms with Gasteiger partial charge < -0.3 is 4.74 Å². The summed E-state index contributed by atoms with van der Waals surface area (Å²) in [4.78, 5) is -0.0932. The summed E-state index contributed by atoms with van der Waals surface area (Å²) in [6.45, 7) is 0. The van der Waals surface area contributed by atoms with Gasteiger partial charge in [0, 0.05) is 10.3 Å². The molecule has 0 amide bonds. The maximum Gasteiger partial charge on any atom is 0.123 e. The second kappa shape index (κ2) is 5.54. The van der Waals surface area contributed by atoms with E-state index in [0.29, 0.717) is 5.75 Å². The SMILES string of the molecule is COc1ccc(F)cc1C(Br)c1csc2ccccc12. The van der Waals surface area contributed by atoms with Gasteiger partial charge in [-0.15, -0.1) is 11.3 Å². The molecule has 1 unspecified atom stereocenters. The molecule has 0 N–H and O–H groups in total. The molecular weight excluding hydrogens is 339 g/mol. The van der Waals surface area contributed by atoms with Crippen LogP contribution in [0.4, 0.5) is 4.39 Å². The van der Waals surface area contributed by atoms with E-state index < -0.39 is 0 Å². The molecule has 1 nitrogen and oxygen atoms in total. The summed E-state index contributed by atoms with van der Waals surface area (Å²) < 4.78 is 20.1. The molecule has 0 radical (unpaired) electrons. The molecule has 1 aromatic heterocycles. The average molecular weight is 351 g/mol. The lowest BCUT2D eigenvalue weighted by atomic mass is 10.0. The normalized spacial score (nSPS) is 12.6. The van der Waals surface area contributed by atoms with E-state index in [1.165, 1.54) is 22.2 Å². The van der Waals surface area contributed by atoms with Gasteiger partial charge in [0.25, 0.3) is 0 Å². The molecule has 0 aliphatic heterocycles. The number of methoxy groups -OCH3 is 1. The first-order chi connectivity index (χ1) is 9.70. The fraction of sp³-hybridized carbons (Fsp3) is 0.125. The predicted octanol–water partition coefficient (Wildman–Crippen LogP) is 5.53. The van der Waals surface area contributed by atoms with E-state index in [2.05, 4.69) is 33.4 Å². The van der Waals surface area contributed by atoms with E-state index in [1.54, 1.807) is 24.5 Å². The van der Waals surface area contributed by atoms with Gasteiger partial charge in [0.15, 0.2) is 0 Å². The average Bonchev–Trinajstić information content (AvgIpc) is 2.90. The van der Waals surface area contributed by atoms with E-state index >= 15 is 0 Å². The van der Waals surface area contributed by atoms with Crippen molar-refractivity contribution >= 4 is 37.4 Å². The molecule has 20 heavy (non-hydrogen) atoms. The zero-order valence-electron chi connectivity index (χ0n) is 10.8. The van der Waals surface area contributed by atoms with Crippen molar-refractivity contribution in [3.05, 3.63) is 64.8 Å². The fourth-order valence-electron chi connectivity index (χ4n) is 2.27. The van der Waals surface area contributed by atoms with Crippen LogP contribution in [-0.2, 0) is 0 Å². The number of rotatable bonds is 3. The molecule has 1 heterocycles. The maximum atomic E-state index is 13.5. The largest absolute Gasteiger partial charge is 0.496 e. The van der Waals surface area contributed by atoms with E-state index in [9.17, 15) is 4.39 Å². The van der Waals surface area contributed by atoms with Gasteiger partial charge in [0.2, 0.25) is 0 Å². The number of benzene rings is 2. The summed E-state index contributed by atoms with van der Waals surface area (Å²) in [6.07, 6.45) is 0. The summed E-state index contributed by atoms with van der Waals surface area (Å²) in [6, 6.07) is 12.8. The van der Waals surface area contributed by atoms with Gasteiger partial charge in [-0.2, -0.15) is 0 Å². The molecule has 2 aromatic carbocycles. The second-order valence-corrected chi connectivity index (χ2v) is 6.26. The number of thiophene rings is 1. The molecule has 0 fully saturated rings. The predicted molar refractivity (Wildman–Crippen MR) is 85.5 cm³/mol. The van der Waals surface area contributed by atoms with Crippen LogP contribution in [-0.4, -0.2) is 7.11 Å². The standard InChI is InChI=1S/C16H12BrFOS/c1-19-14-7-6-10(18)8-12(14)16(17)13-9-20-15-5-3-2-4-11(13)15/h2-9,16H,1H3. The lowest BCUT2D eigenvalue weighted by Gasteiger charge is -2.14. The first-order valence-electron chi connectivity index (χ1n) is 6.14. The van der Waals surface area contributed by atoms with Gasteiger partial charge >= 0.3 is 0 Å². The van der Waals surface area contributed by atoms with Crippen LogP contribution in [0.15, 0.2) is 47.8 Å². The minimum absolute atomic E-state index is 0.0932. The van der Waals surface area contributed by atoms with Crippen LogP contribution in [0.1, 0.15) is 16.0 Å². The molecule has 0 aliphatic rings. The lowest BCUT2D eigenvalue weighted by Crippen LogP contribution is -1.97. The van der Waals surface area contributed by atoms with Crippen molar-refractivity contribution in [2.45, 2.75) is 4.83 Å². The Bertz CT molecular complexity index is 753. The lowest BCUT2D eigenvalue weighted by molar-refractivity contribution is 0.409. The molecule has 3 rings (SSSR count). The number of alkyl halides is 1. The van der Waals surface area contributed by atoms with Gasteiger partial charge in [0.1, 0.15) is 11.6 Å². The van der Waals surface area contributed by atoms with E-state index in [1.807, 2.05) is 12.1 Å². The van der Waals surface area contributed by atoms with Crippen molar-refractivity contribution < 1.29 is 9.13 Å². The Labute approximate surface area is 129 Å². The number of hydrogen-bond donors (Lipinski definition) is 0. The summed E-state index contributed by atoms with van der Waals surface area (Å²) in [7, 11) is 1.60. The van der Waals surface area contributed by atoms with Crippen LogP contribution in [0.3, 0.4) is 0 Å². The molecule has 0 saturated carbocycles. The summed E-state index contributed by atoms with van der Waals surface area (Å²) >= 11 is 5.37. The Morgan fingerprint density at radius 2 is 1.95 bits per heavy atom. The van der Waals surface area contributed by atoms with Crippen molar-refractivity contribution in [2.75, 3.05) is 7.11 Å². The molecule has 1 atom stereocenters. The van der Waals surface area contributed by atoms with Crippen LogP contribution in [0.25, 0.3) is 10.1 Å². The third-order valence-corrected chi connectivity index (χ3v) is 5.22. The summed E-state index contributed by atoms with van der Waals surface area (Å²) in [5.41, 5.74) is 1.94. The van der Waals surface area contributed by atoms with Crippen molar-refractivity contribution in [1.29, 1.82) is 0 Å². The van der Waals surface area contributed by atoms with Crippen molar-refractivity contribution in [3.8, 4) is 5.75 Å². The van der Waals surface area contributed by atoms with Crippen molar-refractivity contribution in [1.82, 2.24) is 0 Å². The third kappa shape index (κ3) is 2.34. The minimum Gasteiger partial charge on any atom is -0.496 e. The number of halogens is 2. The van der Waals surface area contributed by atoms with Crippen LogP contribution in [0.5, 0.6) is 5.75 Å². The second-order valence-electron chi connectivity index (χ2n) is 4.44. The van der Waals surface area contributed by atoms with E-state index in [-0.39, 0.29) is 10.6 Å². The van der Waals surface area contributed by atoms with Crippen LogP contribution in [0, 0.1) is 5.82 Å². The highest BCUT2D eigenvalue weighted by atomic mass is 79.9. The Morgan fingerprint density at radius 1 is 1.15 bits per heavy atom. The minimum atomic E-state index is -0.259. The summed E-state index contributed by atoms with van der Waals surface area (Å²) in [5.74, 6) is 0.424. The quantitative estimate of drug-likeness (QED) is 0.564. The zero-order chi connectivity index (χ0) is 14.1. The first kappa shape index (κ1) is 13.6. The van der Waals surface area contributed by atoms with Gasteiger partial charge in [-0.05, 0) is 40.6 Å². The molecule has 102 valence electrons. The third-order valence-electron chi connectivity index (χ3n) is 3.25. The fourth-order valence-corrected chi connectivity index (χ4v) is 4.16. The highest BCUT2D eigenvalue weighted by Crippen LogP contribution is 2.41. The molecular formula is C16H12BrFOS. The molecule has 3 aromatic rings. The Hall–Kier alpha value is -1.39. The monoisotopic (exact) mass is 350 g/mol. The highest BCUT2D eigenvalue weighted by molar-refractivity contribution is 9.09. The van der Waals surface area contributed by atoms with Crippen LogP contribution >= 0.6 is 27.3 Å². The smallest absolute Gasteiger partial charge is 0.123 e. The van der Waals surface area contributed by atoms with Gasteiger partial charge in [-0.1, -0.05) is 34.1 Å². The Morgan fingerprint density at radius 3 is 2.75 bits per heavy atom. The Kier molecular flexibility index (Phi) is 3.76. The number of hydrogen-bond acceptors (Lipinski definition) is 2. The van der Waals surface area contributed by atoms with Crippen molar-refractivity contribution in [3.63, 3.8) is 0 Å². The number of fused-ring (bicyclic) bond motifs is 1. The zero-order valence-corrected chi connectivity index (χ0v) is 13.2. The summed E-state index contributed by atoms with van der Waals surface area (Å²) in [5, 5.41) is 3.29. The van der Waals surface area contributed by atoms with E-state index in [4.69, 9.17) is 4.74 Å². The van der Waals surface area contributed by atoms with Crippen molar-refractivity contribution in [2.24, 2.45) is 0 Å². The first-order valence-corrected chi connectivity index (χ1v) is 7.94. The molecule has 0 aliphatic carbocycles. The van der Waals surface area contributed by atoms with Gasteiger partial charge in [-0.25, -0.2) is 4.39 Å². The van der Waals surface area contributed by atoms with Crippen LogP contribution in [0.2, 0.25) is 0 Å². The molecule has 4 heteroatoms. The Balaban J connectivity index is 2.13. The van der Waals surface area contributed by atoms with Gasteiger partial charge in [-0.3, -0.25) is 0 Å². The topological polar surface area (TPSA) is 9.23 Å². The number of ether oxygens (including phenoxy) is 1. The van der Waals surface area contributed by atoms with Gasteiger partial charge in [0.05, 0.1) is 11.9 Å². The molecule has 0 spiro atoms. The maximum absolute atomic E-state index is 13.5. The van der Waals surface area contributed by atoms with Crippen LogP contribution < -0.4 is 4.74 Å².